The summed E-state index contributed by atoms with van der Waals surface area (Å²) >= 11 is 0. The van der Waals surface area contributed by atoms with Crippen LogP contribution < -0.4 is 24.8 Å². The third kappa shape index (κ3) is 3.35. The van der Waals surface area contributed by atoms with Crippen LogP contribution in [0.5, 0.6) is 11.5 Å². The fourth-order valence-corrected chi connectivity index (χ4v) is 4.10. The van der Waals surface area contributed by atoms with E-state index in [9.17, 15) is 14.4 Å². The Morgan fingerprint density at radius 2 is 2.00 bits per heavy atom. The molecular weight excluding hydrogens is 374 g/mol. The van der Waals surface area contributed by atoms with Crippen molar-refractivity contribution in [1.82, 2.24) is 4.98 Å². The van der Waals surface area contributed by atoms with Crippen molar-refractivity contribution in [3.05, 3.63) is 46.4 Å². The van der Waals surface area contributed by atoms with Crippen molar-refractivity contribution in [2.45, 2.75) is 19.3 Å². The highest BCUT2D eigenvalue weighted by Gasteiger charge is 2.40. The molecule has 8 heteroatoms. The van der Waals surface area contributed by atoms with Gasteiger partial charge < -0.3 is 24.3 Å². The summed E-state index contributed by atoms with van der Waals surface area (Å²) in [7, 11) is 3.08. The molecular formula is C21H23N3O5. The van der Waals surface area contributed by atoms with Crippen LogP contribution in [0.2, 0.25) is 0 Å². The first-order valence-corrected chi connectivity index (χ1v) is 9.57. The minimum absolute atomic E-state index is 0.102. The molecule has 1 fully saturated rings. The Morgan fingerprint density at radius 1 is 1.17 bits per heavy atom. The van der Waals surface area contributed by atoms with E-state index in [-0.39, 0.29) is 30.3 Å². The number of rotatable bonds is 4. The Bertz CT molecular complexity index is 1020. The van der Waals surface area contributed by atoms with Gasteiger partial charge in [-0.2, -0.15) is 0 Å². The summed E-state index contributed by atoms with van der Waals surface area (Å²) in [5, 5.41) is 0. The molecule has 0 bridgehead atoms. The average Bonchev–Trinajstić information content (AvgIpc) is 3.13. The summed E-state index contributed by atoms with van der Waals surface area (Å²) in [5.74, 6) is 0.274. The first-order valence-electron chi connectivity index (χ1n) is 9.57. The lowest BCUT2D eigenvalue weighted by atomic mass is 10.0. The SMILES string of the molecule is COc1ccc(N2CC(C(=O)N3CCCc4cc[nH]c(=O)c43)CC2=O)c(OC)c1. The number of nitrogens with zero attached hydrogens (tertiary/aromatic N) is 2. The number of aryl methyl sites for hydroxylation is 1. The van der Waals surface area contributed by atoms with Gasteiger partial charge in [-0.3, -0.25) is 14.4 Å². The molecule has 0 spiro atoms. The lowest BCUT2D eigenvalue weighted by molar-refractivity contribution is -0.124. The van der Waals surface area contributed by atoms with Crippen LogP contribution in [-0.4, -0.2) is 44.1 Å². The van der Waals surface area contributed by atoms with Crippen LogP contribution in [0.15, 0.2) is 35.3 Å². The van der Waals surface area contributed by atoms with Crippen molar-refractivity contribution in [3.63, 3.8) is 0 Å². The van der Waals surface area contributed by atoms with Crippen molar-refractivity contribution < 1.29 is 19.1 Å². The van der Waals surface area contributed by atoms with E-state index in [0.717, 1.165) is 18.4 Å². The number of carbonyl (C=O) groups is 2. The quantitative estimate of drug-likeness (QED) is 0.848. The van der Waals surface area contributed by atoms with Gasteiger partial charge in [0, 0.05) is 31.8 Å². The Labute approximate surface area is 168 Å². The monoisotopic (exact) mass is 397 g/mol. The Hall–Kier alpha value is -3.29. The Kier molecular flexibility index (Phi) is 5.00. The summed E-state index contributed by atoms with van der Waals surface area (Å²) in [4.78, 5) is 44.0. The second-order valence-corrected chi connectivity index (χ2v) is 7.22. The van der Waals surface area contributed by atoms with E-state index in [1.807, 2.05) is 6.07 Å². The van der Waals surface area contributed by atoms with E-state index in [4.69, 9.17) is 9.47 Å². The predicted molar refractivity (Wildman–Crippen MR) is 108 cm³/mol. The highest BCUT2D eigenvalue weighted by molar-refractivity contribution is 6.05. The first kappa shape index (κ1) is 19.0. The lowest BCUT2D eigenvalue weighted by Crippen LogP contribution is -2.43. The summed E-state index contributed by atoms with van der Waals surface area (Å²) in [5.41, 5.74) is 1.61. The number of benzene rings is 1. The molecule has 8 nitrogen and oxygen atoms in total. The molecule has 29 heavy (non-hydrogen) atoms. The van der Waals surface area contributed by atoms with Crippen LogP contribution in [0, 0.1) is 5.92 Å². The van der Waals surface area contributed by atoms with Crippen molar-refractivity contribution in [1.29, 1.82) is 0 Å². The molecule has 0 aliphatic carbocycles. The van der Waals surface area contributed by atoms with Gasteiger partial charge in [-0.1, -0.05) is 0 Å². The number of hydrogen-bond donors (Lipinski definition) is 1. The van der Waals surface area contributed by atoms with Crippen LogP contribution in [0.4, 0.5) is 11.4 Å². The molecule has 1 aromatic heterocycles. The molecule has 2 aliphatic heterocycles. The zero-order valence-electron chi connectivity index (χ0n) is 16.4. The third-order valence-electron chi connectivity index (χ3n) is 5.53. The van der Waals surface area contributed by atoms with Gasteiger partial charge >= 0.3 is 0 Å². The molecule has 3 heterocycles. The molecule has 2 aromatic rings. The molecule has 1 unspecified atom stereocenters. The Balaban J connectivity index is 1.60. The normalized spacial score (nSPS) is 18.6. The average molecular weight is 397 g/mol. The fraction of sp³-hybridized carbons (Fsp3) is 0.381. The number of H-pyrrole nitrogens is 1. The molecule has 1 N–H and O–H groups in total. The maximum Gasteiger partial charge on any atom is 0.272 e. The smallest absolute Gasteiger partial charge is 0.272 e. The number of methoxy groups -OCH3 is 2. The molecule has 0 saturated carbocycles. The van der Waals surface area contributed by atoms with Gasteiger partial charge in [-0.05, 0) is 36.6 Å². The lowest BCUT2D eigenvalue weighted by Gasteiger charge is -2.30. The number of aromatic nitrogens is 1. The minimum atomic E-state index is -0.514. The summed E-state index contributed by atoms with van der Waals surface area (Å²) in [6.45, 7) is 0.729. The predicted octanol–water partition coefficient (Wildman–Crippen LogP) is 1.72. The summed E-state index contributed by atoms with van der Waals surface area (Å²) in [6.07, 6.45) is 3.26. The van der Waals surface area contributed by atoms with Crippen LogP contribution in [0.25, 0.3) is 0 Å². The van der Waals surface area contributed by atoms with E-state index in [0.29, 0.717) is 29.4 Å². The molecule has 0 radical (unpaired) electrons. The van der Waals surface area contributed by atoms with Gasteiger partial charge in [0.05, 0.1) is 25.8 Å². The van der Waals surface area contributed by atoms with Gasteiger partial charge in [-0.15, -0.1) is 0 Å². The van der Waals surface area contributed by atoms with Crippen molar-refractivity contribution in [2.75, 3.05) is 37.1 Å². The maximum atomic E-state index is 13.2. The number of fused-ring (bicyclic) bond motifs is 1. The molecule has 1 aromatic carbocycles. The van der Waals surface area contributed by atoms with Crippen LogP contribution in [-0.2, 0) is 16.0 Å². The number of carbonyl (C=O) groups excluding carboxylic acids is 2. The van der Waals surface area contributed by atoms with Gasteiger partial charge in [0.25, 0.3) is 5.56 Å². The molecule has 152 valence electrons. The number of nitrogens with one attached hydrogen (secondary N) is 1. The number of ether oxygens (including phenoxy) is 2. The van der Waals surface area contributed by atoms with Crippen molar-refractivity contribution >= 4 is 23.2 Å². The highest BCUT2D eigenvalue weighted by atomic mass is 16.5. The molecule has 4 rings (SSSR count). The number of amides is 2. The van der Waals surface area contributed by atoms with Crippen molar-refractivity contribution in [3.8, 4) is 11.5 Å². The summed E-state index contributed by atoms with van der Waals surface area (Å²) in [6, 6.07) is 7.05. The van der Waals surface area contributed by atoms with Gasteiger partial charge in [0.15, 0.2) is 0 Å². The highest BCUT2D eigenvalue weighted by Crippen LogP contribution is 2.36. The third-order valence-corrected chi connectivity index (χ3v) is 5.53. The second-order valence-electron chi connectivity index (χ2n) is 7.22. The molecule has 2 aliphatic rings. The van der Waals surface area contributed by atoms with E-state index in [2.05, 4.69) is 4.98 Å². The minimum Gasteiger partial charge on any atom is -0.497 e. The number of aromatic amines is 1. The largest absolute Gasteiger partial charge is 0.497 e. The Morgan fingerprint density at radius 3 is 2.76 bits per heavy atom. The van der Waals surface area contributed by atoms with Gasteiger partial charge in [-0.25, -0.2) is 0 Å². The van der Waals surface area contributed by atoms with Gasteiger partial charge in [0.1, 0.15) is 17.2 Å². The number of pyridine rings is 1. The van der Waals surface area contributed by atoms with Crippen LogP contribution in [0.3, 0.4) is 0 Å². The van der Waals surface area contributed by atoms with E-state index >= 15 is 0 Å². The van der Waals surface area contributed by atoms with E-state index < -0.39 is 5.92 Å². The van der Waals surface area contributed by atoms with Crippen LogP contribution in [0.1, 0.15) is 18.4 Å². The number of anilines is 2. The number of hydrogen-bond acceptors (Lipinski definition) is 5. The molecule has 1 saturated heterocycles. The zero-order chi connectivity index (χ0) is 20.5. The topological polar surface area (TPSA) is 91.9 Å². The standard InChI is InChI=1S/C21H23N3O5/c1-28-15-5-6-16(17(11-15)29-2)24-12-14(10-18(24)25)21(27)23-9-3-4-13-7-8-22-20(26)19(13)23/h5-8,11,14H,3-4,9-10,12H2,1-2H3,(H,22,26). The second kappa shape index (κ2) is 7.62. The molecule has 1 atom stereocenters. The summed E-state index contributed by atoms with van der Waals surface area (Å²) < 4.78 is 10.6. The van der Waals surface area contributed by atoms with E-state index in [1.54, 1.807) is 41.3 Å². The van der Waals surface area contributed by atoms with Crippen molar-refractivity contribution in [2.24, 2.45) is 5.92 Å². The zero-order valence-corrected chi connectivity index (χ0v) is 16.4. The van der Waals surface area contributed by atoms with Gasteiger partial charge in [0.2, 0.25) is 11.8 Å². The van der Waals surface area contributed by atoms with Crippen LogP contribution >= 0.6 is 0 Å². The fourth-order valence-electron chi connectivity index (χ4n) is 4.10. The maximum absolute atomic E-state index is 13.2. The molecule has 2 amide bonds. The van der Waals surface area contributed by atoms with E-state index in [1.165, 1.54) is 7.11 Å². The first-order chi connectivity index (χ1) is 14.0.